The average Bonchev–Trinajstić information content (AvgIpc) is 3.23. The lowest BCUT2D eigenvalue weighted by Crippen LogP contribution is -2.24. The molecule has 0 radical (unpaired) electrons. The summed E-state index contributed by atoms with van der Waals surface area (Å²) >= 11 is 0. The smallest absolute Gasteiger partial charge is 0.416 e. The van der Waals surface area contributed by atoms with Crippen LogP contribution in [-0.2, 0) is 12.4 Å². The van der Waals surface area contributed by atoms with Crippen LogP contribution in [0.4, 0.5) is 60.5 Å². The van der Waals surface area contributed by atoms with Gasteiger partial charge in [-0.1, -0.05) is 100 Å². The number of hydrogen-bond donors (Lipinski definition) is 0. The molecular formula is C50H38F6N2O2. The van der Waals surface area contributed by atoms with Crippen molar-refractivity contribution < 1.29 is 35.8 Å². The largest absolute Gasteiger partial charge is 0.453 e. The number of anilines is 6. The molecule has 10 heteroatoms. The molecule has 60 heavy (non-hydrogen) atoms. The average molecular weight is 813 g/mol. The molecule has 302 valence electrons. The molecule has 2 aliphatic heterocycles. The van der Waals surface area contributed by atoms with Gasteiger partial charge in [-0.05, 0) is 101 Å². The van der Waals surface area contributed by atoms with Crippen LogP contribution in [0.3, 0.4) is 0 Å². The van der Waals surface area contributed by atoms with Crippen LogP contribution < -0.4 is 19.3 Å². The van der Waals surface area contributed by atoms with Crippen molar-refractivity contribution in [3.63, 3.8) is 0 Å². The minimum Gasteiger partial charge on any atom is -0.453 e. The van der Waals surface area contributed by atoms with E-state index in [1.54, 1.807) is 0 Å². The van der Waals surface area contributed by atoms with Gasteiger partial charge < -0.3 is 19.3 Å². The number of benzene rings is 7. The van der Waals surface area contributed by atoms with Gasteiger partial charge in [-0.2, -0.15) is 26.3 Å². The number of para-hydroxylation sites is 8. The predicted octanol–water partition coefficient (Wildman–Crippen LogP) is 16.5. The van der Waals surface area contributed by atoms with Gasteiger partial charge in [0.1, 0.15) is 0 Å². The second-order valence-electron chi connectivity index (χ2n) is 15.5. The normalized spacial score (nSPS) is 13.3. The summed E-state index contributed by atoms with van der Waals surface area (Å²) in [5.74, 6) is 1.69. The highest BCUT2D eigenvalue weighted by molar-refractivity contribution is 6.07. The Labute approximate surface area is 343 Å². The Balaban J connectivity index is 1.53. The molecule has 2 aliphatic rings. The summed E-state index contributed by atoms with van der Waals surface area (Å²) in [6.07, 6.45) is -9.17. The van der Waals surface area contributed by atoms with Gasteiger partial charge in [-0.25, -0.2) is 0 Å². The zero-order valence-electron chi connectivity index (χ0n) is 33.0. The highest BCUT2D eigenvalue weighted by Crippen LogP contribution is 2.63. The zero-order chi connectivity index (χ0) is 42.1. The molecule has 0 N–H and O–H groups in total. The number of halogens is 6. The van der Waals surface area contributed by atoms with Crippen molar-refractivity contribution in [2.45, 2.75) is 51.9 Å². The van der Waals surface area contributed by atoms with Gasteiger partial charge in [0.2, 0.25) is 0 Å². The van der Waals surface area contributed by atoms with E-state index < -0.39 is 23.5 Å². The summed E-state index contributed by atoms with van der Waals surface area (Å²) in [6, 6.07) is 40.7. The fraction of sp³-hybridized carbons (Fsp3) is 0.160. The highest BCUT2D eigenvalue weighted by atomic mass is 19.4. The van der Waals surface area contributed by atoms with Crippen molar-refractivity contribution >= 4 is 34.1 Å². The van der Waals surface area contributed by atoms with Crippen LogP contribution >= 0.6 is 0 Å². The molecule has 7 aromatic rings. The van der Waals surface area contributed by atoms with Crippen LogP contribution in [-0.4, -0.2) is 0 Å². The van der Waals surface area contributed by atoms with Crippen molar-refractivity contribution in [2.75, 3.05) is 9.80 Å². The van der Waals surface area contributed by atoms with Crippen LogP contribution in [0.5, 0.6) is 23.0 Å². The number of hydrogen-bond acceptors (Lipinski definition) is 4. The molecule has 0 spiro atoms. The first kappa shape index (κ1) is 38.8. The first-order valence-electron chi connectivity index (χ1n) is 19.6. The Morgan fingerprint density at radius 2 is 0.667 bits per heavy atom. The van der Waals surface area contributed by atoms with E-state index in [0.717, 1.165) is 35.4 Å². The van der Waals surface area contributed by atoms with Crippen molar-refractivity contribution in [1.29, 1.82) is 0 Å². The van der Waals surface area contributed by atoms with Crippen LogP contribution in [0, 0.1) is 0 Å². The number of nitrogens with zero attached hydrogens (tertiary/aromatic N) is 2. The number of fused-ring (bicyclic) bond motifs is 4. The summed E-state index contributed by atoms with van der Waals surface area (Å²) in [5.41, 5.74) is 6.44. The summed E-state index contributed by atoms with van der Waals surface area (Å²) < 4.78 is 98.1. The first-order valence-corrected chi connectivity index (χ1v) is 19.6. The van der Waals surface area contributed by atoms with E-state index in [4.69, 9.17) is 9.47 Å². The van der Waals surface area contributed by atoms with Crippen molar-refractivity contribution in [3.05, 3.63) is 168 Å². The molecule has 0 fully saturated rings. The lowest BCUT2D eigenvalue weighted by molar-refractivity contribution is -0.138. The van der Waals surface area contributed by atoms with Crippen LogP contribution in [0.2, 0.25) is 0 Å². The number of rotatable bonds is 6. The summed E-state index contributed by atoms with van der Waals surface area (Å²) in [5, 5.41) is 0. The lowest BCUT2D eigenvalue weighted by atomic mass is 9.78. The topological polar surface area (TPSA) is 24.9 Å². The van der Waals surface area contributed by atoms with Crippen molar-refractivity contribution in [2.24, 2.45) is 0 Å². The minimum atomic E-state index is -4.58. The van der Waals surface area contributed by atoms with Gasteiger partial charge in [0.05, 0.1) is 45.3 Å². The van der Waals surface area contributed by atoms with Gasteiger partial charge >= 0.3 is 12.4 Å². The molecule has 0 amide bonds. The second kappa shape index (κ2) is 14.5. The van der Waals surface area contributed by atoms with Gasteiger partial charge in [-0.15, -0.1) is 0 Å². The molecule has 9 rings (SSSR count). The van der Waals surface area contributed by atoms with Crippen LogP contribution in [0.15, 0.2) is 146 Å². The van der Waals surface area contributed by atoms with Crippen molar-refractivity contribution in [3.8, 4) is 45.3 Å². The molecule has 0 unspecified atom stereocenters. The van der Waals surface area contributed by atoms with Gasteiger partial charge in [0.15, 0.2) is 23.0 Å². The van der Waals surface area contributed by atoms with E-state index >= 15 is 0 Å². The molecule has 2 heterocycles. The molecule has 0 saturated heterocycles. The third-order valence-electron chi connectivity index (χ3n) is 11.0. The lowest BCUT2D eigenvalue weighted by Gasteiger charge is -2.42. The fourth-order valence-electron chi connectivity index (χ4n) is 8.48. The Hall–Kier alpha value is -6.68. The second-order valence-corrected chi connectivity index (χ2v) is 15.5. The zero-order valence-corrected chi connectivity index (χ0v) is 33.0. The molecule has 4 nitrogen and oxygen atoms in total. The SMILES string of the molecule is CC(C)c1c(-c2ccc(C(F)(F)F)cc2)c(N2c3ccccc3Oc3ccccc32)c(C(C)C)c(N2c3ccccc3Oc3ccccc32)c1-c1ccc(C(F)(F)F)cc1. The Morgan fingerprint density at radius 3 is 0.933 bits per heavy atom. The Morgan fingerprint density at radius 1 is 0.383 bits per heavy atom. The quantitative estimate of drug-likeness (QED) is 0.156. The monoisotopic (exact) mass is 812 g/mol. The van der Waals surface area contributed by atoms with E-state index in [0.29, 0.717) is 79.4 Å². The Kier molecular flexibility index (Phi) is 9.41. The number of ether oxygens (including phenoxy) is 2. The van der Waals surface area contributed by atoms with Crippen LogP contribution in [0.25, 0.3) is 22.3 Å². The van der Waals surface area contributed by atoms with E-state index in [1.807, 2.05) is 111 Å². The summed E-state index contributed by atoms with van der Waals surface area (Å²) in [4.78, 5) is 4.25. The maximum atomic E-state index is 14.2. The van der Waals surface area contributed by atoms with Gasteiger partial charge in [0, 0.05) is 16.7 Å². The predicted molar refractivity (Wildman–Crippen MR) is 225 cm³/mol. The Bertz CT molecular complexity index is 2490. The molecular weight excluding hydrogens is 775 g/mol. The van der Waals surface area contributed by atoms with E-state index in [2.05, 4.69) is 23.6 Å². The van der Waals surface area contributed by atoms with E-state index in [9.17, 15) is 26.3 Å². The van der Waals surface area contributed by atoms with Gasteiger partial charge in [0.25, 0.3) is 0 Å². The number of alkyl halides is 6. The molecule has 0 aliphatic carbocycles. The standard InChI is InChI=1S/C50H38F6N2O2/c1-29(2)43-45(31-21-25-33(26-22-31)49(51,52)53)47(57-35-13-5-9-17-39(35)59-40-18-10-6-14-36(40)57)44(30(3)4)48(46(43)32-23-27-34(28-24-32)50(54,55)56)58-37-15-7-11-19-41(37)60-42-20-12-8-16-38(42)58/h5-30H,1-4H3. The third-order valence-corrected chi connectivity index (χ3v) is 11.0. The van der Waals surface area contributed by atoms with Crippen molar-refractivity contribution in [1.82, 2.24) is 0 Å². The summed E-state index contributed by atoms with van der Waals surface area (Å²) in [6.45, 7) is 8.12. The fourth-order valence-corrected chi connectivity index (χ4v) is 8.48. The van der Waals surface area contributed by atoms with Crippen LogP contribution in [0.1, 0.15) is 61.8 Å². The van der Waals surface area contributed by atoms with Gasteiger partial charge in [-0.3, -0.25) is 0 Å². The molecule has 0 aromatic heterocycles. The molecule has 0 saturated carbocycles. The maximum absolute atomic E-state index is 14.2. The molecule has 0 bridgehead atoms. The molecule has 0 atom stereocenters. The molecule has 7 aromatic carbocycles. The van der Waals surface area contributed by atoms with E-state index in [1.165, 1.54) is 24.3 Å². The summed E-state index contributed by atoms with van der Waals surface area (Å²) in [7, 11) is 0. The third kappa shape index (κ3) is 6.51. The van der Waals surface area contributed by atoms with E-state index in [-0.39, 0.29) is 11.8 Å². The first-order chi connectivity index (χ1) is 28.7. The minimum absolute atomic E-state index is 0.290. The highest BCUT2D eigenvalue weighted by Gasteiger charge is 2.40. The maximum Gasteiger partial charge on any atom is 0.416 e.